The second kappa shape index (κ2) is 5.54. The molecule has 1 aliphatic rings. The van der Waals surface area contributed by atoms with Crippen LogP contribution in [0.15, 0.2) is 24.3 Å². The molecule has 19 heavy (non-hydrogen) atoms. The van der Waals surface area contributed by atoms with Crippen LogP contribution < -0.4 is 0 Å². The van der Waals surface area contributed by atoms with Gasteiger partial charge >= 0.3 is 0 Å². The van der Waals surface area contributed by atoms with E-state index in [1.165, 1.54) is 11.1 Å². The van der Waals surface area contributed by atoms with Gasteiger partial charge in [-0.1, -0.05) is 45.0 Å². The zero-order valence-corrected chi connectivity index (χ0v) is 12.7. The molecule has 3 heteroatoms. The topological polar surface area (TPSA) is 20.3 Å². The zero-order chi connectivity index (χ0) is 14.0. The summed E-state index contributed by atoms with van der Waals surface area (Å²) in [5.41, 5.74) is 2.66. The van der Waals surface area contributed by atoms with Crippen molar-refractivity contribution in [1.29, 1.82) is 0 Å². The van der Waals surface area contributed by atoms with Crippen LogP contribution in [0, 0.1) is 0 Å². The highest BCUT2D eigenvalue weighted by Crippen LogP contribution is 2.29. The van der Waals surface area contributed by atoms with Crippen molar-refractivity contribution in [3.63, 3.8) is 0 Å². The lowest BCUT2D eigenvalue weighted by molar-refractivity contribution is -0.129. The quantitative estimate of drug-likeness (QED) is 0.770. The minimum atomic E-state index is 0.0454. The Morgan fingerprint density at radius 2 is 1.84 bits per heavy atom. The molecule has 0 atom stereocenters. The predicted octanol–water partition coefficient (Wildman–Crippen LogP) is 3.71. The first-order chi connectivity index (χ1) is 8.91. The van der Waals surface area contributed by atoms with Gasteiger partial charge in [-0.25, -0.2) is 0 Å². The smallest absolute Gasteiger partial charge is 0.238 e. The van der Waals surface area contributed by atoms with Crippen molar-refractivity contribution in [1.82, 2.24) is 4.90 Å². The van der Waals surface area contributed by atoms with Crippen LogP contribution in [-0.2, 0) is 16.8 Å². The fourth-order valence-electron chi connectivity index (χ4n) is 2.19. The van der Waals surface area contributed by atoms with Gasteiger partial charge in [0.05, 0.1) is 0 Å². The molecule has 0 bridgehead atoms. The van der Waals surface area contributed by atoms with Crippen molar-refractivity contribution < 1.29 is 4.79 Å². The number of nitrogens with zero attached hydrogens (tertiary/aromatic N) is 1. The van der Waals surface area contributed by atoms with Crippen LogP contribution in [0.3, 0.4) is 0 Å². The lowest BCUT2D eigenvalue weighted by Crippen LogP contribution is -2.33. The standard InChI is InChI=1S/C16H22ClNO/c1-16(2,3)13-6-4-12(5-7-13)11-18(14-8-9-14)15(19)10-17/h4-7,14H,8-11H2,1-3H3. The number of hydrogen-bond donors (Lipinski definition) is 0. The molecular formula is C16H22ClNO. The third kappa shape index (κ3) is 3.73. The molecule has 0 N–H and O–H groups in total. The van der Waals surface area contributed by atoms with Crippen molar-refractivity contribution in [3.05, 3.63) is 35.4 Å². The first-order valence-electron chi connectivity index (χ1n) is 6.86. The molecule has 0 heterocycles. The van der Waals surface area contributed by atoms with Crippen LogP contribution >= 0.6 is 11.6 Å². The first-order valence-corrected chi connectivity index (χ1v) is 7.40. The fourth-order valence-corrected chi connectivity index (χ4v) is 2.34. The Balaban J connectivity index is 2.07. The van der Waals surface area contributed by atoms with Gasteiger partial charge in [0.25, 0.3) is 0 Å². The van der Waals surface area contributed by atoms with Gasteiger partial charge in [0.1, 0.15) is 5.88 Å². The Morgan fingerprint density at radius 3 is 2.26 bits per heavy atom. The van der Waals surface area contributed by atoms with E-state index in [-0.39, 0.29) is 17.2 Å². The van der Waals surface area contributed by atoms with Gasteiger partial charge in [0.2, 0.25) is 5.91 Å². The highest BCUT2D eigenvalue weighted by molar-refractivity contribution is 6.27. The maximum Gasteiger partial charge on any atom is 0.238 e. The van der Waals surface area contributed by atoms with Gasteiger partial charge < -0.3 is 4.90 Å². The van der Waals surface area contributed by atoms with Gasteiger partial charge in [-0.15, -0.1) is 11.6 Å². The zero-order valence-electron chi connectivity index (χ0n) is 11.9. The molecule has 1 fully saturated rings. The van der Waals surface area contributed by atoms with Crippen molar-refractivity contribution in [3.8, 4) is 0 Å². The van der Waals surface area contributed by atoms with Crippen molar-refractivity contribution in [2.45, 2.75) is 51.6 Å². The van der Waals surface area contributed by atoms with Crippen LogP contribution in [0.4, 0.5) is 0 Å². The van der Waals surface area contributed by atoms with E-state index < -0.39 is 0 Å². The molecular weight excluding hydrogens is 258 g/mol. The number of carbonyl (C=O) groups is 1. The lowest BCUT2D eigenvalue weighted by atomic mass is 9.87. The van der Waals surface area contributed by atoms with Gasteiger partial charge in [0, 0.05) is 12.6 Å². The molecule has 1 aliphatic carbocycles. The Hall–Kier alpha value is -1.02. The molecule has 2 rings (SSSR count). The first kappa shape index (κ1) is 14.4. The molecule has 104 valence electrons. The van der Waals surface area contributed by atoms with E-state index in [0.29, 0.717) is 12.6 Å². The molecule has 1 amide bonds. The Morgan fingerprint density at radius 1 is 1.26 bits per heavy atom. The summed E-state index contributed by atoms with van der Waals surface area (Å²) in [5, 5.41) is 0. The second-order valence-corrected chi connectivity index (χ2v) is 6.60. The number of halogens is 1. The van der Waals surface area contributed by atoms with Crippen molar-refractivity contribution >= 4 is 17.5 Å². The predicted molar refractivity (Wildman–Crippen MR) is 79.4 cm³/mol. The van der Waals surface area contributed by atoms with E-state index in [9.17, 15) is 4.79 Å². The van der Waals surface area contributed by atoms with E-state index in [4.69, 9.17) is 11.6 Å². The van der Waals surface area contributed by atoms with Crippen LogP contribution in [0.2, 0.25) is 0 Å². The van der Waals surface area contributed by atoms with Crippen LogP contribution in [0.1, 0.15) is 44.7 Å². The summed E-state index contributed by atoms with van der Waals surface area (Å²) in [6.45, 7) is 7.29. The van der Waals surface area contributed by atoms with Gasteiger partial charge in [-0.2, -0.15) is 0 Å². The number of hydrogen-bond acceptors (Lipinski definition) is 1. The molecule has 1 aromatic rings. The minimum Gasteiger partial charge on any atom is -0.334 e. The molecule has 0 unspecified atom stereocenters. The second-order valence-electron chi connectivity index (χ2n) is 6.33. The lowest BCUT2D eigenvalue weighted by Gasteiger charge is -2.23. The Bertz CT molecular complexity index is 443. The SMILES string of the molecule is CC(C)(C)c1ccc(CN(C(=O)CCl)C2CC2)cc1. The van der Waals surface area contributed by atoms with Crippen molar-refractivity contribution in [2.75, 3.05) is 5.88 Å². The third-order valence-electron chi connectivity index (χ3n) is 3.60. The number of amides is 1. The van der Waals surface area contributed by atoms with E-state index in [1.807, 2.05) is 4.90 Å². The van der Waals surface area contributed by atoms with E-state index in [1.54, 1.807) is 0 Å². The van der Waals surface area contributed by atoms with E-state index in [0.717, 1.165) is 12.8 Å². The summed E-state index contributed by atoms with van der Waals surface area (Å²) < 4.78 is 0. The molecule has 0 spiro atoms. The number of benzene rings is 1. The summed E-state index contributed by atoms with van der Waals surface area (Å²) >= 11 is 5.68. The molecule has 0 aliphatic heterocycles. The number of carbonyl (C=O) groups excluding carboxylic acids is 1. The fraction of sp³-hybridized carbons (Fsp3) is 0.562. The summed E-state index contributed by atoms with van der Waals surface area (Å²) in [6, 6.07) is 8.97. The maximum atomic E-state index is 11.8. The molecule has 0 radical (unpaired) electrons. The van der Waals surface area contributed by atoms with E-state index in [2.05, 4.69) is 45.0 Å². The summed E-state index contributed by atoms with van der Waals surface area (Å²) in [7, 11) is 0. The van der Waals surface area contributed by atoms with Crippen LogP contribution in [0.25, 0.3) is 0 Å². The Kier molecular flexibility index (Phi) is 4.19. The average Bonchev–Trinajstić information content (AvgIpc) is 3.19. The largest absolute Gasteiger partial charge is 0.334 e. The monoisotopic (exact) mass is 279 g/mol. The minimum absolute atomic E-state index is 0.0454. The van der Waals surface area contributed by atoms with Gasteiger partial charge in [0.15, 0.2) is 0 Å². The maximum absolute atomic E-state index is 11.8. The van der Waals surface area contributed by atoms with Crippen LogP contribution in [-0.4, -0.2) is 22.7 Å². The highest BCUT2D eigenvalue weighted by atomic mass is 35.5. The summed E-state index contributed by atoms with van der Waals surface area (Å²) in [5.74, 6) is 0.125. The molecule has 2 nitrogen and oxygen atoms in total. The summed E-state index contributed by atoms with van der Waals surface area (Å²) in [4.78, 5) is 13.7. The third-order valence-corrected chi connectivity index (χ3v) is 3.82. The number of alkyl halides is 1. The van der Waals surface area contributed by atoms with Crippen LogP contribution in [0.5, 0.6) is 0 Å². The highest BCUT2D eigenvalue weighted by Gasteiger charge is 2.31. The molecule has 1 aromatic carbocycles. The normalized spacial score (nSPS) is 15.4. The Labute approximate surface area is 120 Å². The van der Waals surface area contributed by atoms with Crippen molar-refractivity contribution in [2.24, 2.45) is 0 Å². The molecule has 0 aromatic heterocycles. The molecule has 1 saturated carbocycles. The van der Waals surface area contributed by atoms with E-state index >= 15 is 0 Å². The summed E-state index contributed by atoms with van der Waals surface area (Å²) in [6.07, 6.45) is 2.23. The molecule has 0 saturated heterocycles. The van der Waals surface area contributed by atoms with Gasteiger partial charge in [-0.3, -0.25) is 4.79 Å². The van der Waals surface area contributed by atoms with Gasteiger partial charge in [-0.05, 0) is 29.4 Å². The number of rotatable bonds is 4. The average molecular weight is 280 g/mol.